The largest absolute Gasteiger partial charge is 0.394 e. The van der Waals surface area contributed by atoms with E-state index in [0.717, 1.165) is 43.0 Å². The van der Waals surface area contributed by atoms with Crippen LogP contribution in [0.3, 0.4) is 0 Å². The van der Waals surface area contributed by atoms with Crippen LogP contribution in [0.15, 0.2) is 24.5 Å². The van der Waals surface area contributed by atoms with E-state index in [-0.39, 0.29) is 12.3 Å². The average molecular weight is 407 g/mol. The van der Waals surface area contributed by atoms with Gasteiger partial charge in [0.05, 0.1) is 21.3 Å². The van der Waals surface area contributed by atoms with E-state index in [4.69, 9.17) is 0 Å². The lowest BCUT2D eigenvalue weighted by Crippen LogP contribution is -2.34. The Morgan fingerprint density at radius 2 is 1.61 bits per heavy atom. The maximum atomic E-state index is 13.5. The summed E-state index contributed by atoms with van der Waals surface area (Å²) in [6.07, 6.45) is -2.80. The van der Waals surface area contributed by atoms with Crippen LogP contribution in [0.2, 0.25) is 0 Å². The SMILES string of the molecule is Cc1cc(C)cc(-c2ncnc3c(C(C)C)c(CC(C)(C)C(F)(F)F)sc23)c1. The number of thiophene rings is 1. The van der Waals surface area contributed by atoms with Gasteiger partial charge in [-0.1, -0.05) is 44.9 Å². The molecular weight excluding hydrogens is 381 g/mol. The van der Waals surface area contributed by atoms with Crippen LogP contribution in [0, 0.1) is 19.3 Å². The van der Waals surface area contributed by atoms with E-state index in [1.165, 1.54) is 31.5 Å². The summed E-state index contributed by atoms with van der Waals surface area (Å²) in [5.74, 6) is 0.0785. The Hall–Kier alpha value is -1.95. The van der Waals surface area contributed by atoms with Gasteiger partial charge in [0, 0.05) is 10.4 Å². The average Bonchev–Trinajstić information content (AvgIpc) is 2.89. The molecule has 6 heteroatoms. The summed E-state index contributed by atoms with van der Waals surface area (Å²) in [5, 5.41) is 0. The number of aromatic nitrogens is 2. The standard InChI is InChI=1S/C22H25F3N2S/c1-12(2)17-16(10-21(5,6)22(23,24)25)28-20-18(26-11-27-19(17)20)15-8-13(3)7-14(4)9-15/h7-9,11-12H,10H2,1-6H3. The third-order valence-electron chi connectivity index (χ3n) is 5.03. The zero-order valence-corrected chi connectivity index (χ0v) is 17.8. The predicted molar refractivity (Wildman–Crippen MR) is 110 cm³/mol. The first-order chi connectivity index (χ1) is 12.9. The fraction of sp³-hybridized carbons (Fsp3) is 0.455. The molecule has 0 saturated carbocycles. The van der Waals surface area contributed by atoms with Crippen molar-refractivity contribution < 1.29 is 13.2 Å². The van der Waals surface area contributed by atoms with Crippen LogP contribution in [0.4, 0.5) is 13.2 Å². The summed E-state index contributed by atoms with van der Waals surface area (Å²) in [5.41, 5.74) is 3.90. The molecule has 3 aromatic rings. The van der Waals surface area contributed by atoms with Gasteiger partial charge in [-0.05, 0) is 43.9 Å². The van der Waals surface area contributed by atoms with E-state index in [0.29, 0.717) is 0 Å². The van der Waals surface area contributed by atoms with Crippen molar-refractivity contribution in [1.29, 1.82) is 0 Å². The molecule has 28 heavy (non-hydrogen) atoms. The Labute approximate surface area is 167 Å². The van der Waals surface area contributed by atoms with Gasteiger partial charge in [-0.25, -0.2) is 9.97 Å². The van der Waals surface area contributed by atoms with E-state index in [2.05, 4.69) is 28.2 Å². The highest BCUT2D eigenvalue weighted by molar-refractivity contribution is 7.19. The van der Waals surface area contributed by atoms with Gasteiger partial charge >= 0.3 is 6.18 Å². The number of rotatable bonds is 4. The summed E-state index contributed by atoms with van der Waals surface area (Å²) in [7, 11) is 0. The summed E-state index contributed by atoms with van der Waals surface area (Å²) in [4.78, 5) is 9.71. The molecule has 0 fully saturated rings. The molecule has 0 saturated heterocycles. The molecule has 0 radical (unpaired) electrons. The van der Waals surface area contributed by atoms with Gasteiger partial charge in [0.15, 0.2) is 0 Å². The quantitative estimate of drug-likeness (QED) is 0.457. The number of fused-ring (bicyclic) bond motifs is 1. The fourth-order valence-corrected chi connectivity index (χ4v) is 5.17. The molecule has 1 aromatic carbocycles. The zero-order valence-electron chi connectivity index (χ0n) is 17.0. The molecule has 0 atom stereocenters. The van der Waals surface area contributed by atoms with Crippen molar-refractivity contribution >= 4 is 21.6 Å². The Balaban J connectivity index is 2.23. The molecule has 150 valence electrons. The molecule has 3 rings (SSSR count). The number of hydrogen-bond donors (Lipinski definition) is 0. The minimum Gasteiger partial charge on any atom is -0.235 e. The second kappa shape index (κ2) is 7.14. The first-order valence-electron chi connectivity index (χ1n) is 9.32. The highest BCUT2D eigenvalue weighted by atomic mass is 32.1. The molecule has 0 unspecified atom stereocenters. The molecule has 0 aliphatic rings. The van der Waals surface area contributed by atoms with Crippen molar-refractivity contribution in [2.75, 3.05) is 0 Å². The van der Waals surface area contributed by atoms with E-state index in [9.17, 15) is 13.2 Å². The van der Waals surface area contributed by atoms with Gasteiger partial charge in [0.25, 0.3) is 0 Å². The highest BCUT2D eigenvalue weighted by Gasteiger charge is 2.47. The minimum absolute atomic E-state index is 0.0582. The first-order valence-corrected chi connectivity index (χ1v) is 10.1. The van der Waals surface area contributed by atoms with Crippen LogP contribution in [0.5, 0.6) is 0 Å². The van der Waals surface area contributed by atoms with Gasteiger partial charge in [0.2, 0.25) is 0 Å². The highest BCUT2D eigenvalue weighted by Crippen LogP contribution is 2.46. The van der Waals surface area contributed by atoms with Crippen molar-refractivity contribution in [3.63, 3.8) is 0 Å². The third-order valence-corrected chi connectivity index (χ3v) is 6.23. The van der Waals surface area contributed by atoms with Crippen LogP contribution in [0.1, 0.15) is 55.2 Å². The molecule has 2 aromatic heterocycles. The lowest BCUT2D eigenvalue weighted by molar-refractivity contribution is -0.210. The number of halogens is 3. The lowest BCUT2D eigenvalue weighted by Gasteiger charge is -2.27. The lowest BCUT2D eigenvalue weighted by atomic mass is 9.85. The normalized spacial score (nSPS) is 12.9. The molecular formula is C22H25F3N2S. The van der Waals surface area contributed by atoms with Crippen LogP contribution in [-0.2, 0) is 6.42 Å². The second-order valence-electron chi connectivity index (χ2n) is 8.43. The Kier molecular flexibility index (Phi) is 5.30. The topological polar surface area (TPSA) is 25.8 Å². The number of alkyl halides is 3. The Bertz CT molecular complexity index is 996. The number of nitrogens with zero attached hydrogens (tertiary/aromatic N) is 2. The first kappa shape index (κ1) is 20.8. The van der Waals surface area contributed by atoms with E-state index >= 15 is 0 Å². The summed E-state index contributed by atoms with van der Waals surface area (Å²) in [6, 6.07) is 6.21. The summed E-state index contributed by atoms with van der Waals surface area (Å²) >= 11 is 1.40. The number of benzene rings is 1. The summed E-state index contributed by atoms with van der Waals surface area (Å²) in [6.45, 7) is 10.6. The van der Waals surface area contributed by atoms with Gasteiger partial charge in [-0.3, -0.25) is 0 Å². The fourth-order valence-electron chi connectivity index (χ4n) is 3.52. The van der Waals surface area contributed by atoms with Crippen LogP contribution < -0.4 is 0 Å². The molecule has 0 aliphatic heterocycles. The number of hydrogen-bond acceptors (Lipinski definition) is 3. The number of aryl methyl sites for hydroxylation is 2. The van der Waals surface area contributed by atoms with Crippen LogP contribution in [-0.4, -0.2) is 16.1 Å². The van der Waals surface area contributed by atoms with Gasteiger partial charge in [-0.2, -0.15) is 13.2 Å². The smallest absolute Gasteiger partial charge is 0.235 e. The minimum atomic E-state index is -4.26. The molecule has 0 bridgehead atoms. The van der Waals surface area contributed by atoms with E-state index in [1.54, 1.807) is 0 Å². The maximum Gasteiger partial charge on any atom is 0.394 e. The van der Waals surface area contributed by atoms with Gasteiger partial charge < -0.3 is 0 Å². The Morgan fingerprint density at radius 3 is 2.14 bits per heavy atom. The molecule has 0 spiro atoms. The van der Waals surface area contributed by atoms with Crippen molar-refractivity contribution in [1.82, 2.24) is 9.97 Å². The molecule has 0 N–H and O–H groups in total. The molecule has 2 heterocycles. The monoisotopic (exact) mass is 406 g/mol. The molecule has 2 nitrogen and oxygen atoms in total. The van der Waals surface area contributed by atoms with Crippen molar-refractivity contribution in [2.24, 2.45) is 5.41 Å². The van der Waals surface area contributed by atoms with Crippen molar-refractivity contribution in [3.8, 4) is 11.3 Å². The van der Waals surface area contributed by atoms with Gasteiger partial charge in [-0.15, -0.1) is 11.3 Å². The van der Waals surface area contributed by atoms with Crippen LogP contribution >= 0.6 is 11.3 Å². The van der Waals surface area contributed by atoms with E-state index in [1.807, 2.05) is 27.7 Å². The Morgan fingerprint density at radius 1 is 1.00 bits per heavy atom. The zero-order chi connectivity index (χ0) is 20.9. The van der Waals surface area contributed by atoms with Gasteiger partial charge in [0.1, 0.15) is 6.33 Å². The van der Waals surface area contributed by atoms with E-state index < -0.39 is 11.6 Å². The molecule has 0 aliphatic carbocycles. The van der Waals surface area contributed by atoms with Crippen molar-refractivity contribution in [3.05, 3.63) is 46.1 Å². The third kappa shape index (κ3) is 3.79. The summed E-state index contributed by atoms with van der Waals surface area (Å²) < 4.78 is 41.4. The molecule has 0 amide bonds. The van der Waals surface area contributed by atoms with Crippen LogP contribution in [0.25, 0.3) is 21.5 Å². The predicted octanol–water partition coefficient (Wildman–Crippen LogP) is 7.23. The van der Waals surface area contributed by atoms with Crippen molar-refractivity contribution in [2.45, 2.75) is 60.1 Å². The maximum absolute atomic E-state index is 13.5. The second-order valence-corrected chi connectivity index (χ2v) is 9.53.